The molecule has 1 atom stereocenters. The molecule has 0 aliphatic heterocycles. The van der Waals surface area contributed by atoms with Gasteiger partial charge in [0.05, 0.1) is 6.04 Å². The number of aromatic nitrogens is 2. The first-order valence-corrected chi connectivity index (χ1v) is 5.53. The summed E-state index contributed by atoms with van der Waals surface area (Å²) in [5.41, 5.74) is 6.91. The lowest BCUT2D eigenvalue weighted by molar-refractivity contribution is -0.117. The maximum atomic E-state index is 11.5. The van der Waals surface area contributed by atoms with Crippen molar-refractivity contribution in [3.8, 4) is 11.4 Å². The van der Waals surface area contributed by atoms with E-state index in [2.05, 4.69) is 15.5 Å². The maximum absolute atomic E-state index is 11.5. The van der Waals surface area contributed by atoms with E-state index in [4.69, 9.17) is 10.3 Å². The second-order valence-corrected chi connectivity index (χ2v) is 4.00. The summed E-state index contributed by atoms with van der Waals surface area (Å²) in [6.45, 7) is 3.35. The Kier molecular flexibility index (Phi) is 5.02. The number of nitrogens with zero attached hydrogens (tertiary/aromatic N) is 2. The van der Waals surface area contributed by atoms with Crippen molar-refractivity contribution in [2.45, 2.75) is 19.9 Å². The quantitative estimate of drug-likeness (QED) is 0.894. The van der Waals surface area contributed by atoms with Crippen molar-refractivity contribution in [3.05, 3.63) is 30.2 Å². The molecule has 1 amide bonds. The molecular weight excluding hydrogens is 268 g/mol. The fourth-order valence-electron chi connectivity index (χ4n) is 1.41. The average Bonchev–Trinajstić information content (AvgIpc) is 2.76. The Bertz CT molecular complexity index is 568. The second-order valence-electron chi connectivity index (χ2n) is 4.00. The van der Waals surface area contributed by atoms with Gasteiger partial charge in [0.2, 0.25) is 17.6 Å². The molecule has 0 unspecified atom stereocenters. The molecule has 6 nitrogen and oxygen atoms in total. The van der Waals surface area contributed by atoms with Crippen molar-refractivity contribution in [2.24, 2.45) is 5.73 Å². The zero-order valence-electron chi connectivity index (χ0n) is 10.6. The van der Waals surface area contributed by atoms with Crippen LogP contribution in [0.3, 0.4) is 0 Å². The number of benzene rings is 1. The van der Waals surface area contributed by atoms with Crippen LogP contribution in [0, 0.1) is 6.92 Å². The van der Waals surface area contributed by atoms with Gasteiger partial charge in [-0.15, -0.1) is 12.4 Å². The largest absolute Gasteiger partial charge is 0.339 e. The van der Waals surface area contributed by atoms with Crippen molar-refractivity contribution >= 4 is 24.0 Å². The number of carbonyl (C=O) groups is 1. The summed E-state index contributed by atoms with van der Waals surface area (Å²) in [7, 11) is 0. The number of anilines is 1. The van der Waals surface area contributed by atoms with Crippen LogP contribution in [0.15, 0.2) is 28.8 Å². The minimum absolute atomic E-state index is 0. The molecule has 7 heteroatoms. The van der Waals surface area contributed by atoms with Gasteiger partial charge in [-0.25, -0.2) is 0 Å². The predicted molar refractivity (Wildman–Crippen MR) is 74.0 cm³/mol. The molecule has 1 aromatic heterocycles. The van der Waals surface area contributed by atoms with Gasteiger partial charge in [-0.1, -0.05) is 17.3 Å². The number of hydrogen-bond acceptors (Lipinski definition) is 5. The van der Waals surface area contributed by atoms with Gasteiger partial charge in [-0.05, 0) is 19.1 Å². The molecule has 1 heterocycles. The Morgan fingerprint density at radius 1 is 1.47 bits per heavy atom. The second kappa shape index (κ2) is 6.31. The average molecular weight is 283 g/mol. The molecule has 0 radical (unpaired) electrons. The first-order chi connectivity index (χ1) is 8.56. The molecule has 2 aromatic rings. The van der Waals surface area contributed by atoms with Crippen molar-refractivity contribution in [2.75, 3.05) is 5.32 Å². The Hall–Kier alpha value is -1.92. The topological polar surface area (TPSA) is 94.0 Å². The third-order valence-electron chi connectivity index (χ3n) is 2.33. The van der Waals surface area contributed by atoms with Gasteiger partial charge in [-0.3, -0.25) is 4.79 Å². The number of amides is 1. The highest BCUT2D eigenvalue weighted by molar-refractivity contribution is 5.94. The summed E-state index contributed by atoms with van der Waals surface area (Å²) >= 11 is 0. The number of nitrogens with two attached hydrogens (primary N) is 1. The van der Waals surface area contributed by atoms with Crippen LogP contribution >= 0.6 is 12.4 Å². The van der Waals surface area contributed by atoms with E-state index in [1.807, 2.05) is 6.07 Å². The van der Waals surface area contributed by atoms with Crippen LogP contribution in [0.5, 0.6) is 0 Å². The number of hydrogen-bond donors (Lipinski definition) is 2. The monoisotopic (exact) mass is 282 g/mol. The Morgan fingerprint density at radius 2 is 2.21 bits per heavy atom. The molecule has 0 aliphatic rings. The zero-order valence-corrected chi connectivity index (χ0v) is 11.4. The highest BCUT2D eigenvalue weighted by Gasteiger charge is 2.10. The first-order valence-electron chi connectivity index (χ1n) is 5.53. The smallest absolute Gasteiger partial charge is 0.240 e. The molecule has 1 aromatic carbocycles. The molecule has 0 bridgehead atoms. The Balaban J connectivity index is 0.00000180. The number of halogens is 1. The van der Waals surface area contributed by atoms with E-state index < -0.39 is 6.04 Å². The van der Waals surface area contributed by atoms with Crippen molar-refractivity contribution < 1.29 is 9.32 Å². The summed E-state index contributed by atoms with van der Waals surface area (Å²) in [6.07, 6.45) is 0. The Labute approximate surface area is 116 Å². The lowest BCUT2D eigenvalue weighted by Crippen LogP contribution is -2.32. The molecule has 102 valence electrons. The van der Waals surface area contributed by atoms with Crippen LogP contribution < -0.4 is 11.1 Å². The fourth-order valence-corrected chi connectivity index (χ4v) is 1.41. The highest BCUT2D eigenvalue weighted by Crippen LogP contribution is 2.19. The maximum Gasteiger partial charge on any atom is 0.240 e. The van der Waals surface area contributed by atoms with Gasteiger partial charge in [0.25, 0.3) is 0 Å². The number of nitrogens with one attached hydrogen (secondary N) is 1. The molecule has 0 saturated carbocycles. The molecule has 3 N–H and O–H groups in total. The first kappa shape index (κ1) is 15.1. The van der Waals surface area contributed by atoms with Crippen LogP contribution in [0.25, 0.3) is 11.4 Å². The number of carbonyl (C=O) groups excluding carboxylic acids is 1. The van der Waals surface area contributed by atoms with E-state index >= 15 is 0 Å². The van der Waals surface area contributed by atoms with Crippen LogP contribution in [-0.4, -0.2) is 22.1 Å². The van der Waals surface area contributed by atoms with Crippen molar-refractivity contribution in [3.63, 3.8) is 0 Å². The molecule has 0 spiro atoms. The standard InChI is InChI=1S/C12H14N4O2.ClH/c1-7(13)12(17)15-10-5-3-4-9(6-10)11-14-8(2)18-16-11;/h3-7H,13H2,1-2H3,(H,15,17);1H/t7-;/m0./s1. The van der Waals surface area contributed by atoms with E-state index in [1.165, 1.54) is 0 Å². The highest BCUT2D eigenvalue weighted by atomic mass is 35.5. The van der Waals surface area contributed by atoms with E-state index in [1.54, 1.807) is 32.0 Å². The third-order valence-corrected chi connectivity index (χ3v) is 2.33. The third kappa shape index (κ3) is 3.77. The van der Waals surface area contributed by atoms with Crippen LogP contribution in [0.2, 0.25) is 0 Å². The van der Waals surface area contributed by atoms with E-state index in [9.17, 15) is 4.79 Å². The Morgan fingerprint density at radius 3 is 2.79 bits per heavy atom. The normalized spacial score (nSPS) is 11.5. The molecule has 0 fully saturated rings. The van der Waals surface area contributed by atoms with E-state index in [0.29, 0.717) is 17.4 Å². The number of rotatable bonds is 3. The van der Waals surface area contributed by atoms with Gasteiger partial charge in [0, 0.05) is 18.2 Å². The van der Waals surface area contributed by atoms with Crippen LogP contribution in [0.1, 0.15) is 12.8 Å². The molecular formula is C12H15ClN4O2. The minimum atomic E-state index is -0.555. The van der Waals surface area contributed by atoms with Crippen LogP contribution in [0.4, 0.5) is 5.69 Å². The van der Waals surface area contributed by atoms with E-state index in [0.717, 1.165) is 5.56 Å². The van der Waals surface area contributed by atoms with Crippen molar-refractivity contribution in [1.82, 2.24) is 10.1 Å². The summed E-state index contributed by atoms with van der Waals surface area (Å²) in [4.78, 5) is 15.6. The van der Waals surface area contributed by atoms with Crippen molar-refractivity contribution in [1.29, 1.82) is 0 Å². The molecule has 2 rings (SSSR count). The summed E-state index contributed by atoms with van der Waals surface area (Å²) in [5, 5.41) is 6.53. The fraction of sp³-hybridized carbons (Fsp3) is 0.250. The van der Waals surface area contributed by atoms with Gasteiger partial charge in [-0.2, -0.15) is 4.98 Å². The SMILES string of the molecule is Cc1nc(-c2cccc(NC(=O)[C@H](C)N)c2)no1.Cl. The van der Waals surface area contributed by atoms with Crippen LogP contribution in [-0.2, 0) is 4.79 Å². The van der Waals surface area contributed by atoms with Gasteiger partial charge < -0.3 is 15.6 Å². The molecule has 19 heavy (non-hydrogen) atoms. The predicted octanol–water partition coefficient (Wildman–Crippen LogP) is 1.75. The number of aryl methyl sites for hydroxylation is 1. The summed E-state index contributed by atoms with van der Waals surface area (Å²) in [6, 6.07) is 6.63. The lowest BCUT2D eigenvalue weighted by atomic mass is 10.2. The van der Waals surface area contributed by atoms with Gasteiger partial charge in [0.1, 0.15) is 0 Å². The molecule has 0 saturated heterocycles. The van der Waals surface area contributed by atoms with Gasteiger partial charge in [0.15, 0.2) is 0 Å². The van der Waals surface area contributed by atoms with E-state index in [-0.39, 0.29) is 18.3 Å². The minimum Gasteiger partial charge on any atom is -0.339 e. The summed E-state index contributed by atoms with van der Waals surface area (Å²) < 4.78 is 4.91. The lowest BCUT2D eigenvalue weighted by Gasteiger charge is -2.08. The zero-order chi connectivity index (χ0) is 13.1. The summed E-state index contributed by atoms with van der Waals surface area (Å²) in [5.74, 6) is 0.746. The molecule has 0 aliphatic carbocycles. The van der Waals surface area contributed by atoms with Gasteiger partial charge >= 0.3 is 0 Å².